The fourth-order valence-corrected chi connectivity index (χ4v) is 2.80. The third-order valence-corrected chi connectivity index (χ3v) is 3.96. The average molecular weight is 287 g/mol. The molecule has 1 N–H and O–H groups in total. The minimum absolute atomic E-state index is 0.102. The second-order valence-corrected chi connectivity index (χ2v) is 5.53. The van der Waals surface area contributed by atoms with Crippen LogP contribution in [0.1, 0.15) is 43.2 Å². The fraction of sp³-hybridized carbons (Fsp3) is 0.556. The summed E-state index contributed by atoms with van der Waals surface area (Å²) in [6, 6.07) is 5.99. The molecule has 2 rings (SSSR count). The first-order valence-corrected chi connectivity index (χ1v) is 7.82. The number of methoxy groups -OCH3 is 1. The van der Waals surface area contributed by atoms with Gasteiger partial charge < -0.3 is 9.84 Å². The minimum Gasteiger partial charge on any atom is -0.497 e. The first kappa shape index (κ1) is 15.9. The van der Waals surface area contributed by atoms with Crippen LogP contribution in [0.4, 0.5) is 0 Å². The molecule has 0 radical (unpaired) electrons. The Morgan fingerprint density at radius 1 is 1.14 bits per heavy atom. The summed E-state index contributed by atoms with van der Waals surface area (Å²) in [6.45, 7) is 3.12. The van der Waals surface area contributed by atoms with E-state index in [2.05, 4.69) is 22.8 Å². The molecule has 0 unspecified atom stereocenters. The average Bonchev–Trinajstić information content (AvgIpc) is 2.48. The zero-order valence-electron chi connectivity index (χ0n) is 12.9. The van der Waals surface area contributed by atoms with Gasteiger partial charge in [-0.1, -0.05) is 31.1 Å². The fourth-order valence-electron chi connectivity index (χ4n) is 2.80. The molecular weight excluding hydrogens is 262 g/mol. The van der Waals surface area contributed by atoms with Crippen molar-refractivity contribution in [3.63, 3.8) is 0 Å². The summed E-state index contributed by atoms with van der Waals surface area (Å²) in [5.41, 5.74) is 2.18. The number of aliphatic hydroxyl groups is 1. The molecule has 0 saturated carbocycles. The van der Waals surface area contributed by atoms with Crippen molar-refractivity contribution in [2.24, 2.45) is 0 Å². The topological polar surface area (TPSA) is 32.7 Å². The van der Waals surface area contributed by atoms with Gasteiger partial charge in [0.25, 0.3) is 0 Å². The van der Waals surface area contributed by atoms with Crippen molar-refractivity contribution in [1.82, 2.24) is 4.90 Å². The number of rotatable bonds is 3. The molecule has 1 aromatic carbocycles. The molecule has 1 fully saturated rings. The maximum atomic E-state index is 8.90. The van der Waals surface area contributed by atoms with Crippen molar-refractivity contribution in [3.8, 4) is 17.6 Å². The van der Waals surface area contributed by atoms with Crippen LogP contribution >= 0.6 is 0 Å². The summed E-state index contributed by atoms with van der Waals surface area (Å²) in [5.74, 6) is 6.67. The normalized spacial score (nSPS) is 16.5. The van der Waals surface area contributed by atoms with E-state index in [1.165, 1.54) is 37.7 Å². The summed E-state index contributed by atoms with van der Waals surface area (Å²) in [5, 5.41) is 8.90. The molecule has 0 amide bonds. The molecule has 0 atom stereocenters. The third-order valence-electron chi connectivity index (χ3n) is 3.96. The second-order valence-electron chi connectivity index (χ2n) is 5.53. The maximum absolute atomic E-state index is 8.90. The van der Waals surface area contributed by atoms with Crippen LogP contribution in [0.5, 0.6) is 5.75 Å². The van der Waals surface area contributed by atoms with Crippen molar-refractivity contribution in [2.75, 3.05) is 26.8 Å². The van der Waals surface area contributed by atoms with Gasteiger partial charge in [0.05, 0.1) is 7.11 Å². The minimum atomic E-state index is -0.102. The Kier molecular flexibility index (Phi) is 6.59. The highest BCUT2D eigenvalue weighted by atomic mass is 16.5. The lowest BCUT2D eigenvalue weighted by atomic mass is 10.0. The predicted octanol–water partition coefficient (Wildman–Crippen LogP) is 2.81. The molecule has 1 aliphatic heterocycles. The van der Waals surface area contributed by atoms with Crippen LogP contribution in [0.15, 0.2) is 18.2 Å². The number of nitrogens with zero attached hydrogens (tertiary/aromatic N) is 1. The summed E-state index contributed by atoms with van der Waals surface area (Å²) >= 11 is 0. The molecule has 0 spiro atoms. The van der Waals surface area contributed by atoms with E-state index in [9.17, 15) is 0 Å². The molecule has 0 aromatic heterocycles. The van der Waals surface area contributed by atoms with Gasteiger partial charge in [-0.3, -0.25) is 4.90 Å². The smallest absolute Gasteiger partial charge is 0.119 e. The van der Waals surface area contributed by atoms with E-state index in [4.69, 9.17) is 9.84 Å². The highest BCUT2D eigenvalue weighted by Gasteiger charge is 2.11. The van der Waals surface area contributed by atoms with E-state index in [-0.39, 0.29) is 6.61 Å². The lowest BCUT2D eigenvalue weighted by molar-refractivity contribution is 0.239. The van der Waals surface area contributed by atoms with Gasteiger partial charge in [-0.25, -0.2) is 0 Å². The number of likely N-dealkylation sites (tertiary alicyclic amines) is 1. The Morgan fingerprint density at radius 2 is 1.86 bits per heavy atom. The van der Waals surface area contributed by atoms with Crippen LogP contribution in [0.25, 0.3) is 0 Å². The van der Waals surface area contributed by atoms with Gasteiger partial charge >= 0.3 is 0 Å². The Hall–Kier alpha value is -1.50. The van der Waals surface area contributed by atoms with E-state index in [0.29, 0.717) is 0 Å². The molecule has 114 valence electrons. The Labute approximate surface area is 127 Å². The van der Waals surface area contributed by atoms with Gasteiger partial charge in [-0.05, 0) is 49.7 Å². The van der Waals surface area contributed by atoms with Gasteiger partial charge in [0.15, 0.2) is 0 Å². The predicted molar refractivity (Wildman–Crippen MR) is 85.3 cm³/mol. The number of hydrogen-bond donors (Lipinski definition) is 1. The van der Waals surface area contributed by atoms with E-state index >= 15 is 0 Å². The van der Waals surface area contributed by atoms with Gasteiger partial charge in [0.2, 0.25) is 0 Å². The first-order valence-electron chi connectivity index (χ1n) is 7.82. The molecule has 1 aromatic rings. The van der Waals surface area contributed by atoms with Crippen molar-refractivity contribution in [3.05, 3.63) is 29.3 Å². The van der Waals surface area contributed by atoms with Crippen LogP contribution in [0.3, 0.4) is 0 Å². The summed E-state index contributed by atoms with van der Waals surface area (Å²) < 4.78 is 5.33. The monoisotopic (exact) mass is 287 g/mol. The zero-order chi connectivity index (χ0) is 14.9. The highest BCUT2D eigenvalue weighted by Crippen LogP contribution is 2.20. The molecule has 0 bridgehead atoms. The van der Waals surface area contributed by atoms with Crippen LogP contribution < -0.4 is 4.74 Å². The first-order chi connectivity index (χ1) is 10.3. The van der Waals surface area contributed by atoms with Crippen molar-refractivity contribution in [1.29, 1.82) is 0 Å². The Morgan fingerprint density at radius 3 is 2.52 bits per heavy atom. The lowest BCUT2D eigenvalue weighted by Crippen LogP contribution is -2.27. The number of ether oxygens (including phenoxy) is 1. The van der Waals surface area contributed by atoms with Gasteiger partial charge in [-0.15, -0.1) is 0 Å². The summed E-state index contributed by atoms with van der Waals surface area (Å²) in [4.78, 5) is 2.51. The molecular formula is C18H25NO2. The standard InChI is InChI=1S/C18H25NO2/c1-21-18-10-9-16(8-7-13-20)17(14-18)15-19-11-5-3-2-4-6-12-19/h9-10,14,20H,2-6,11-13,15H2,1H3. The van der Waals surface area contributed by atoms with E-state index in [1.807, 2.05) is 12.1 Å². The van der Waals surface area contributed by atoms with Crippen molar-refractivity contribution >= 4 is 0 Å². The van der Waals surface area contributed by atoms with Crippen molar-refractivity contribution in [2.45, 2.75) is 38.6 Å². The lowest BCUT2D eigenvalue weighted by Gasteiger charge is -2.25. The largest absolute Gasteiger partial charge is 0.497 e. The zero-order valence-corrected chi connectivity index (χ0v) is 12.9. The molecule has 21 heavy (non-hydrogen) atoms. The number of aliphatic hydroxyl groups excluding tert-OH is 1. The van der Waals surface area contributed by atoms with E-state index < -0.39 is 0 Å². The van der Waals surface area contributed by atoms with Gasteiger partial charge in [0.1, 0.15) is 12.4 Å². The van der Waals surface area contributed by atoms with Crippen LogP contribution in [-0.2, 0) is 6.54 Å². The Balaban J connectivity index is 2.14. The quantitative estimate of drug-likeness (QED) is 0.868. The van der Waals surface area contributed by atoms with Crippen LogP contribution in [0, 0.1) is 11.8 Å². The molecule has 1 aliphatic rings. The number of benzene rings is 1. The van der Waals surface area contributed by atoms with Crippen molar-refractivity contribution < 1.29 is 9.84 Å². The Bertz CT molecular complexity index is 494. The molecule has 1 saturated heterocycles. The number of hydrogen-bond acceptors (Lipinski definition) is 3. The SMILES string of the molecule is COc1ccc(C#CCO)c(CN2CCCCCCC2)c1. The summed E-state index contributed by atoms with van der Waals surface area (Å²) in [7, 11) is 1.69. The molecule has 0 aliphatic carbocycles. The molecule has 3 heteroatoms. The van der Waals surface area contributed by atoms with E-state index in [1.54, 1.807) is 7.11 Å². The highest BCUT2D eigenvalue weighted by molar-refractivity contribution is 5.45. The maximum Gasteiger partial charge on any atom is 0.119 e. The van der Waals surface area contributed by atoms with Crippen LogP contribution in [-0.4, -0.2) is 36.8 Å². The third kappa shape index (κ3) is 5.08. The summed E-state index contributed by atoms with van der Waals surface area (Å²) in [6.07, 6.45) is 6.61. The molecule has 1 heterocycles. The van der Waals surface area contributed by atoms with E-state index in [0.717, 1.165) is 30.9 Å². The van der Waals surface area contributed by atoms with Crippen LogP contribution in [0.2, 0.25) is 0 Å². The van der Waals surface area contributed by atoms with Gasteiger partial charge in [0, 0.05) is 12.1 Å². The molecule has 3 nitrogen and oxygen atoms in total. The second kappa shape index (κ2) is 8.71. The van der Waals surface area contributed by atoms with Gasteiger partial charge in [-0.2, -0.15) is 0 Å².